The number of para-hydroxylation sites is 2. The van der Waals surface area contributed by atoms with Crippen LogP contribution in [0.3, 0.4) is 0 Å². The van der Waals surface area contributed by atoms with Gasteiger partial charge in [0, 0.05) is 27.9 Å². The van der Waals surface area contributed by atoms with Crippen molar-refractivity contribution in [2.24, 2.45) is 0 Å². The molecule has 0 aliphatic carbocycles. The lowest BCUT2D eigenvalue weighted by Gasteiger charge is -2.18. The van der Waals surface area contributed by atoms with E-state index in [2.05, 4.69) is 144 Å². The molecular formula is C46H27N3O. The monoisotopic (exact) mass is 637 g/mol. The highest BCUT2D eigenvalue weighted by Crippen LogP contribution is 2.45. The molecule has 0 amide bonds. The second kappa shape index (κ2) is 10.4. The van der Waals surface area contributed by atoms with Crippen LogP contribution in [0.4, 0.5) is 0 Å². The molecule has 0 fully saturated rings. The quantitative estimate of drug-likeness (QED) is 0.181. The summed E-state index contributed by atoms with van der Waals surface area (Å²) in [4.78, 5) is 10.4. The fourth-order valence-corrected chi connectivity index (χ4v) is 7.98. The van der Waals surface area contributed by atoms with Crippen LogP contribution >= 0.6 is 0 Å². The van der Waals surface area contributed by atoms with Crippen molar-refractivity contribution in [3.05, 3.63) is 164 Å². The molecule has 50 heavy (non-hydrogen) atoms. The summed E-state index contributed by atoms with van der Waals surface area (Å²) in [7, 11) is 0. The van der Waals surface area contributed by atoms with E-state index in [0.29, 0.717) is 0 Å². The summed E-state index contributed by atoms with van der Waals surface area (Å²) in [5.74, 6) is 0. The second-order valence-electron chi connectivity index (χ2n) is 12.9. The zero-order valence-corrected chi connectivity index (χ0v) is 26.8. The van der Waals surface area contributed by atoms with Gasteiger partial charge >= 0.3 is 0 Å². The Kier molecular flexibility index (Phi) is 5.63. The molecule has 0 unspecified atom stereocenters. The standard InChI is InChI=1S/C46H27N3O/c1-2-12-28(13-3-1)44-46-45(36-19-8-10-20-38(36)47-44)48-41-25-23-30(27-49(41)46)43-34-17-6-4-15-32(34)42(33-16-5-7-18-35(33)43)29-22-24-40-37(26-29)31-14-9-11-21-39(31)50-40/h1-27H. The molecule has 4 aromatic heterocycles. The molecular weight excluding hydrogens is 611 g/mol. The van der Waals surface area contributed by atoms with Gasteiger partial charge in [-0.2, -0.15) is 0 Å². The number of nitrogens with zero attached hydrogens (tertiary/aromatic N) is 3. The Hall–Kier alpha value is -6.78. The number of pyridine rings is 2. The van der Waals surface area contributed by atoms with Crippen molar-refractivity contribution in [2.45, 2.75) is 0 Å². The van der Waals surface area contributed by atoms with Crippen molar-refractivity contribution >= 4 is 71.1 Å². The third-order valence-corrected chi connectivity index (χ3v) is 10.2. The Balaban J connectivity index is 1.22. The van der Waals surface area contributed by atoms with Crippen LogP contribution in [-0.2, 0) is 0 Å². The van der Waals surface area contributed by atoms with Gasteiger partial charge in [0.1, 0.15) is 22.3 Å². The lowest BCUT2D eigenvalue weighted by Crippen LogP contribution is -1.94. The third-order valence-electron chi connectivity index (χ3n) is 10.2. The number of rotatable bonds is 3. The van der Waals surface area contributed by atoms with Crippen LogP contribution in [0.5, 0.6) is 0 Å². The highest BCUT2D eigenvalue weighted by Gasteiger charge is 2.20. The molecule has 0 atom stereocenters. The van der Waals surface area contributed by atoms with E-state index in [1.807, 2.05) is 24.3 Å². The number of hydrogen-bond donors (Lipinski definition) is 0. The van der Waals surface area contributed by atoms with Gasteiger partial charge in [0.25, 0.3) is 0 Å². The normalized spacial score (nSPS) is 12.0. The number of hydrogen-bond acceptors (Lipinski definition) is 3. The van der Waals surface area contributed by atoms with Crippen LogP contribution in [-0.4, -0.2) is 14.4 Å². The summed E-state index contributed by atoms with van der Waals surface area (Å²) in [6, 6.07) is 55.6. The molecule has 4 heterocycles. The molecule has 0 spiro atoms. The van der Waals surface area contributed by atoms with Crippen molar-refractivity contribution in [1.82, 2.24) is 14.4 Å². The van der Waals surface area contributed by atoms with Crippen molar-refractivity contribution in [3.63, 3.8) is 0 Å². The second-order valence-corrected chi connectivity index (χ2v) is 12.9. The smallest absolute Gasteiger partial charge is 0.138 e. The molecule has 11 rings (SSSR count). The first kappa shape index (κ1) is 27.2. The minimum Gasteiger partial charge on any atom is -0.456 e. The topological polar surface area (TPSA) is 43.3 Å². The van der Waals surface area contributed by atoms with Gasteiger partial charge in [-0.25, -0.2) is 9.97 Å². The number of benzene rings is 7. The predicted molar refractivity (Wildman–Crippen MR) is 207 cm³/mol. The summed E-state index contributed by atoms with van der Waals surface area (Å²) in [6.45, 7) is 0. The Morgan fingerprint density at radius 2 is 1.00 bits per heavy atom. The van der Waals surface area contributed by atoms with Crippen molar-refractivity contribution in [1.29, 1.82) is 0 Å². The van der Waals surface area contributed by atoms with Gasteiger partial charge in [-0.05, 0) is 80.2 Å². The molecule has 0 bridgehead atoms. The van der Waals surface area contributed by atoms with Crippen LogP contribution in [0.1, 0.15) is 0 Å². The first-order chi connectivity index (χ1) is 24.8. The fourth-order valence-electron chi connectivity index (χ4n) is 7.98. The predicted octanol–water partition coefficient (Wildman–Crippen LogP) is 12.2. The van der Waals surface area contributed by atoms with E-state index < -0.39 is 0 Å². The molecule has 4 nitrogen and oxygen atoms in total. The molecule has 11 aromatic rings. The molecule has 0 aliphatic heterocycles. The van der Waals surface area contributed by atoms with Crippen molar-refractivity contribution < 1.29 is 4.42 Å². The highest BCUT2D eigenvalue weighted by molar-refractivity contribution is 6.22. The van der Waals surface area contributed by atoms with E-state index in [1.165, 1.54) is 38.2 Å². The summed E-state index contributed by atoms with van der Waals surface area (Å²) in [5, 5.41) is 8.14. The van der Waals surface area contributed by atoms with Crippen LogP contribution < -0.4 is 0 Å². The molecule has 0 N–H and O–H groups in total. The third kappa shape index (κ3) is 3.87. The van der Waals surface area contributed by atoms with E-state index >= 15 is 0 Å². The van der Waals surface area contributed by atoms with Crippen LogP contribution in [0, 0.1) is 0 Å². The minimum atomic E-state index is 0.893. The lowest BCUT2D eigenvalue weighted by molar-refractivity contribution is 0.669. The maximum absolute atomic E-state index is 6.20. The van der Waals surface area contributed by atoms with Crippen LogP contribution in [0.15, 0.2) is 168 Å². The fraction of sp³-hybridized carbons (Fsp3) is 0. The maximum Gasteiger partial charge on any atom is 0.138 e. The molecule has 232 valence electrons. The highest BCUT2D eigenvalue weighted by atomic mass is 16.3. The Labute approximate surface area is 286 Å². The summed E-state index contributed by atoms with van der Waals surface area (Å²) >= 11 is 0. The first-order valence-electron chi connectivity index (χ1n) is 16.9. The Bertz CT molecular complexity index is 3100. The average molecular weight is 638 g/mol. The molecule has 7 aromatic carbocycles. The summed E-state index contributed by atoms with van der Waals surface area (Å²) in [5.41, 5.74) is 12.3. The molecule has 0 saturated carbocycles. The molecule has 0 saturated heterocycles. The largest absolute Gasteiger partial charge is 0.456 e. The Morgan fingerprint density at radius 1 is 0.420 bits per heavy atom. The maximum atomic E-state index is 6.20. The average Bonchev–Trinajstić information content (AvgIpc) is 3.75. The summed E-state index contributed by atoms with van der Waals surface area (Å²) < 4.78 is 8.44. The summed E-state index contributed by atoms with van der Waals surface area (Å²) in [6.07, 6.45) is 2.26. The van der Waals surface area contributed by atoms with E-state index in [1.54, 1.807) is 0 Å². The number of aromatic nitrogens is 3. The van der Waals surface area contributed by atoms with Gasteiger partial charge < -0.3 is 4.42 Å². The number of imidazole rings is 1. The molecule has 0 radical (unpaired) electrons. The lowest BCUT2D eigenvalue weighted by atomic mass is 9.86. The van der Waals surface area contributed by atoms with Crippen molar-refractivity contribution in [3.8, 4) is 33.5 Å². The van der Waals surface area contributed by atoms with E-state index in [0.717, 1.165) is 66.3 Å². The van der Waals surface area contributed by atoms with Gasteiger partial charge in [-0.1, -0.05) is 121 Å². The van der Waals surface area contributed by atoms with Crippen molar-refractivity contribution in [2.75, 3.05) is 0 Å². The van der Waals surface area contributed by atoms with Gasteiger partial charge in [0.15, 0.2) is 0 Å². The zero-order chi connectivity index (χ0) is 32.8. The van der Waals surface area contributed by atoms with Crippen LogP contribution in [0.2, 0.25) is 0 Å². The first-order valence-corrected chi connectivity index (χ1v) is 16.9. The van der Waals surface area contributed by atoms with E-state index in [9.17, 15) is 0 Å². The van der Waals surface area contributed by atoms with Gasteiger partial charge in [0.2, 0.25) is 0 Å². The van der Waals surface area contributed by atoms with Crippen LogP contribution in [0.25, 0.3) is 105 Å². The molecule has 0 aliphatic rings. The Morgan fingerprint density at radius 3 is 1.74 bits per heavy atom. The molecule has 4 heteroatoms. The minimum absolute atomic E-state index is 0.893. The van der Waals surface area contributed by atoms with E-state index in [-0.39, 0.29) is 0 Å². The van der Waals surface area contributed by atoms with Gasteiger partial charge in [-0.3, -0.25) is 4.40 Å². The number of fused-ring (bicyclic) bond motifs is 10. The van der Waals surface area contributed by atoms with E-state index in [4.69, 9.17) is 14.4 Å². The SMILES string of the molecule is c1ccc(-c2nc3ccccc3c3nc4ccc(-c5c6ccccc6c(-c6ccc7oc8ccccc8c7c6)c6ccccc56)cn4c23)cc1. The number of furan rings is 1. The van der Waals surface area contributed by atoms with Gasteiger partial charge in [0.05, 0.1) is 16.7 Å². The zero-order valence-electron chi connectivity index (χ0n) is 26.8. The van der Waals surface area contributed by atoms with Gasteiger partial charge in [-0.15, -0.1) is 0 Å².